The normalized spacial score (nSPS) is 13.7. The molecule has 0 radical (unpaired) electrons. The molecule has 0 aliphatic carbocycles. The molecule has 1 atom stereocenters. The second kappa shape index (κ2) is 6.28. The molecule has 0 bridgehead atoms. The highest BCUT2D eigenvalue weighted by molar-refractivity contribution is 6.31. The molecule has 0 aliphatic rings. The van der Waals surface area contributed by atoms with Crippen LogP contribution < -0.4 is 5.32 Å². The van der Waals surface area contributed by atoms with Crippen molar-refractivity contribution in [1.29, 1.82) is 0 Å². The lowest BCUT2D eigenvalue weighted by Gasteiger charge is -2.22. The molecule has 0 fully saturated rings. The Hall–Kier alpha value is -1.85. The molecule has 5 nitrogen and oxygen atoms in total. The van der Waals surface area contributed by atoms with Crippen molar-refractivity contribution in [3.63, 3.8) is 0 Å². The molecule has 1 aromatic carbocycles. The van der Waals surface area contributed by atoms with E-state index in [4.69, 9.17) is 11.6 Å². The van der Waals surface area contributed by atoms with E-state index in [0.717, 1.165) is 5.56 Å². The van der Waals surface area contributed by atoms with Crippen LogP contribution in [-0.2, 0) is 23.9 Å². The third-order valence-corrected chi connectivity index (χ3v) is 3.63. The SMILES string of the molecule is Cn1cc(C(C)(O)CNC(=O)Cc2ccccc2Cl)cn1. The lowest BCUT2D eigenvalue weighted by atomic mass is 9.99. The van der Waals surface area contributed by atoms with Crippen LogP contribution in [0.4, 0.5) is 0 Å². The van der Waals surface area contributed by atoms with E-state index in [1.807, 2.05) is 12.1 Å². The van der Waals surface area contributed by atoms with Crippen LogP contribution in [0.1, 0.15) is 18.1 Å². The van der Waals surface area contributed by atoms with Crippen molar-refractivity contribution in [2.75, 3.05) is 6.54 Å². The van der Waals surface area contributed by atoms with E-state index < -0.39 is 5.60 Å². The summed E-state index contributed by atoms with van der Waals surface area (Å²) in [6, 6.07) is 7.20. The highest BCUT2D eigenvalue weighted by Crippen LogP contribution is 2.19. The van der Waals surface area contributed by atoms with Gasteiger partial charge in [-0.2, -0.15) is 5.10 Å². The number of aromatic nitrogens is 2. The Morgan fingerprint density at radius 3 is 2.81 bits per heavy atom. The minimum absolute atomic E-state index is 0.113. The molecule has 112 valence electrons. The number of carbonyl (C=O) groups excluding carboxylic acids is 1. The summed E-state index contributed by atoms with van der Waals surface area (Å²) in [7, 11) is 1.77. The highest BCUT2D eigenvalue weighted by Gasteiger charge is 2.25. The van der Waals surface area contributed by atoms with E-state index >= 15 is 0 Å². The Bertz CT molecular complexity index is 637. The summed E-state index contributed by atoms with van der Waals surface area (Å²) < 4.78 is 1.61. The molecular formula is C15H18ClN3O2. The van der Waals surface area contributed by atoms with Crippen LogP contribution >= 0.6 is 11.6 Å². The van der Waals surface area contributed by atoms with E-state index in [2.05, 4.69) is 10.4 Å². The number of rotatable bonds is 5. The summed E-state index contributed by atoms with van der Waals surface area (Å²) in [6.07, 6.45) is 3.49. The number of hydrogen-bond acceptors (Lipinski definition) is 3. The average molecular weight is 308 g/mol. The summed E-state index contributed by atoms with van der Waals surface area (Å²) in [4.78, 5) is 11.9. The number of benzene rings is 1. The number of halogens is 1. The van der Waals surface area contributed by atoms with Gasteiger partial charge in [0.2, 0.25) is 5.91 Å². The maximum absolute atomic E-state index is 11.9. The number of aryl methyl sites for hydroxylation is 1. The molecule has 2 aromatic rings. The molecule has 1 amide bonds. The van der Waals surface area contributed by atoms with Gasteiger partial charge in [-0.25, -0.2) is 0 Å². The van der Waals surface area contributed by atoms with Crippen LogP contribution in [0.25, 0.3) is 0 Å². The van der Waals surface area contributed by atoms with E-state index in [0.29, 0.717) is 10.6 Å². The van der Waals surface area contributed by atoms with Crippen molar-refractivity contribution in [1.82, 2.24) is 15.1 Å². The fourth-order valence-electron chi connectivity index (χ4n) is 1.95. The van der Waals surface area contributed by atoms with Crippen molar-refractivity contribution in [3.8, 4) is 0 Å². The second-order valence-corrected chi connectivity index (χ2v) is 5.63. The maximum atomic E-state index is 11.9. The minimum Gasteiger partial charge on any atom is -0.383 e. The molecule has 0 spiro atoms. The van der Waals surface area contributed by atoms with Gasteiger partial charge in [-0.3, -0.25) is 9.48 Å². The average Bonchev–Trinajstić information content (AvgIpc) is 2.87. The first-order valence-corrected chi connectivity index (χ1v) is 6.98. The van der Waals surface area contributed by atoms with Gasteiger partial charge in [0.05, 0.1) is 19.2 Å². The van der Waals surface area contributed by atoms with E-state index in [9.17, 15) is 9.90 Å². The number of carbonyl (C=O) groups is 1. The van der Waals surface area contributed by atoms with Gasteiger partial charge < -0.3 is 10.4 Å². The Kier molecular flexibility index (Phi) is 4.65. The molecule has 1 heterocycles. The third-order valence-electron chi connectivity index (χ3n) is 3.27. The fraction of sp³-hybridized carbons (Fsp3) is 0.333. The van der Waals surface area contributed by atoms with Gasteiger partial charge in [0.15, 0.2) is 0 Å². The predicted octanol–water partition coefficient (Wildman–Crippen LogP) is 1.64. The van der Waals surface area contributed by atoms with Crippen molar-refractivity contribution >= 4 is 17.5 Å². The fourth-order valence-corrected chi connectivity index (χ4v) is 2.15. The van der Waals surface area contributed by atoms with Gasteiger partial charge in [0.25, 0.3) is 0 Å². The van der Waals surface area contributed by atoms with E-state index in [1.54, 1.807) is 43.2 Å². The Morgan fingerprint density at radius 2 is 2.19 bits per heavy atom. The van der Waals surface area contributed by atoms with Crippen LogP contribution in [0, 0.1) is 0 Å². The zero-order valence-corrected chi connectivity index (χ0v) is 12.8. The predicted molar refractivity (Wildman–Crippen MR) is 80.9 cm³/mol. The zero-order valence-electron chi connectivity index (χ0n) is 12.0. The van der Waals surface area contributed by atoms with Crippen molar-refractivity contribution in [3.05, 3.63) is 52.8 Å². The smallest absolute Gasteiger partial charge is 0.224 e. The Balaban J connectivity index is 1.93. The van der Waals surface area contributed by atoms with Crippen molar-refractivity contribution in [2.45, 2.75) is 18.9 Å². The third kappa shape index (κ3) is 4.06. The van der Waals surface area contributed by atoms with Gasteiger partial charge in [0.1, 0.15) is 5.60 Å². The Labute approximate surface area is 128 Å². The molecule has 21 heavy (non-hydrogen) atoms. The topological polar surface area (TPSA) is 67.2 Å². The second-order valence-electron chi connectivity index (χ2n) is 5.22. The van der Waals surface area contributed by atoms with Crippen molar-refractivity contribution < 1.29 is 9.90 Å². The number of amides is 1. The summed E-state index contributed by atoms with van der Waals surface area (Å²) in [5.74, 6) is -0.188. The first-order valence-electron chi connectivity index (χ1n) is 6.60. The van der Waals surface area contributed by atoms with Crippen LogP contribution in [0.15, 0.2) is 36.7 Å². The zero-order chi connectivity index (χ0) is 15.5. The summed E-state index contributed by atoms with van der Waals surface area (Å²) >= 11 is 6.02. The lowest BCUT2D eigenvalue weighted by molar-refractivity contribution is -0.121. The summed E-state index contributed by atoms with van der Waals surface area (Å²) in [5, 5.41) is 17.7. The highest BCUT2D eigenvalue weighted by atomic mass is 35.5. The van der Waals surface area contributed by atoms with Crippen molar-refractivity contribution in [2.24, 2.45) is 7.05 Å². The molecule has 1 aromatic heterocycles. The largest absolute Gasteiger partial charge is 0.383 e. The van der Waals surface area contributed by atoms with Gasteiger partial charge in [-0.15, -0.1) is 0 Å². The van der Waals surface area contributed by atoms with Crippen LogP contribution in [0.3, 0.4) is 0 Å². The Morgan fingerprint density at radius 1 is 1.48 bits per heavy atom. The van der Waals surface area contributed by atoms with Gasteiger partial charge in [0, 0.05) is 23.8 Å². The maximum Gasteiger partial charge on any atom is 0.224 e. The lowest BCUT2D eigenvalue weighted by Crippen LogP contribution is -2.39. The first kappa shape index (κ1) is 15.5. The van der Waals surface area contributed by atoms with Crippen LogP contribution in [0.2, 0.25) is 5.02 Å². The van der Waals surface area contributed by atoms with E-state index in [-0.39, 0.29) is 18.9 Å². The molecule has 0 saturated heterocycles. The van der Waals surface area contributed by atoms with Gasteiger partial charge in [-0.1, -0.05) is 29.8 Å². The van der Waals surface area contributed by atoms with Gasteiger partial charge >= 0.3 is 0 Å². The molecule has 0 saturated carbocycles. The standard InChI is InChI=1S/C15H18ClN3O2/c1-15(21,12-8-18-19(2)9-12)10-17-14(20)7-11-5-3-4-6-13(11)16/h3-6,8-9,21H,7,10H2,1-2H3,(H,17,20). The van der Waals surface area contributed by atoms with Crippen LogP contribution in [0.5, 0.6) is 0 Å². The summed E-state index contributed by atoms with van der Waals surface area (Å²) in [5.41, 5.74) is 0.255. The molecule has 6 heteroatoms. The number of nitrogens with zero attached hydrogens (tertiary/aromatic N) is 2. The minimum atomic E-state index is -1.16. The molecular weight excluding hydrogens is 290 g/mol. The van der Waals surface area contributed by atoms with Crippen LogP contribution in [-0.4, -0.2) is 27.3 Å². The molecule has 1 unspecified atom stereocenters. The first-order chi connectivity index (χ1) is 9.88. The molecule has 2 rings (SSSR count). The number of hydrogen-bond donors (Lipinski definition) is 2. The van der Waals surface area contributed by atoms with Gasteiger partial charge in [-0.05, 0) is 18.6 Å². The van der Waals surface area contributed by atoms with E-state index in [1.165, 1.54) is 0 Å². The number of aliphatic hydroxyl groups is 1. The monoisotopic (exact) mass is 307 g/mol. The molecule has 2 N–H and O–H groups in total. The quantitative estimate of drug-likeness (QED) is 0.882. The summed E-state index contributed by atoms with van der Waals surface area (Å²) in [6.45, 7) is 1.75. The number of nitrogens with one attached hydrogen (secondary N) is 1. The molecule has 0 aliphatic heterocycles.